The molecule has 1 aliphatic rings. The highest BCUT2D eigenvalue weighted by atomic mass is 32.1. The van der Waals surface area contributed by atoms with E-state index in [4.69, 9.17) is 0 Å². The van der Waals surface area contributed by atoms with Gasteiger partial charge in [0, 0.05) is 17.5 Å². The molecule has 0 saturated carbocycles. The highest BCUT2D eigenvalue weighted by molar-refractivity contribution is 7.11. The van der Waals surface area contributed by atoms with E-state index in [-0.39, 0.29) is 0 Å². The first-order valence-corrected chi connectivity index (χ1v) is 6.84. The molecule has 1 saturated heterocycles. The number of hydrogen-bond donors (Lipinski definition) is 1. The molecule has 0 aromatic carbocycles. The van der Waals surface area contributed by atoms with Crippen molar-refractivity contribution >= 4 is 11.3 Å². The molecule has 4 heteroatoms. The molecule has 1 fully saturated rings. The number of likely N-dealkylation sites (N-methyl/N-ethyl adjacent to an activating group) is 1. The maximum absolute atomic E-state index is 4.62. The fourth-order valence-corrected chi connectivity index (χ4v) is 3.31. The van der Waals surface area contributed by atoms with Gasteiger partial charge in [0.05, 0.1) is 12.2 Å². The van der Waals surface area contributed by atoms with E-state index >= 15 is 0 Å². The van der Waals surface area contributed by atoms with Gasteiger partial charge in [-0.1, -0.05) is 0 Å². The van der Waals surface area contributed by atoms with Crippen molar-refractivity contribution in [1.29, 1.82) is 0 Å². The average Bonchev–Trinajstić information content (AvgIpc) is 2.77. The van der Waals surface area contributed by atoms with Crippen LogP contribution in [-0.2, 0) is 6.54 Å². The second kappa shape index (κ2) is 5.25. The van der Waals surface area contributed by atoms with Crippen molar-refractivity contribution in [3.8, 4) is 0 Å². The zero-order valence-electron chi connectivity index (χ0n) is 10.4. The minimum absolute atomic E-state index is 0.703. The van der Waals surface area contributed by atoms with Crippen molar-refractivity contribution in [2.75, 3.05) is 20.1 Å². The molecule has 0 aliphatic carbocycles. The fourth-order valence-electron chi connectivity index (χ4n) is 2.35. The van der Waals surface area contributed by atoms with Gasteiger partial charge in [0.1, 0.15) is 5.01 Å². The highest BCUT2D eigenvalue weighted by Gasteiger charge is 2.24. The monoisotopic (exact) mass is 239 g/mol. The van der Waals surface area contributed by atoms with Gasteiger partial charge in [-0.3, -0.25) is 4.90 Å². The molecule has 1 aliphatic heterocycles. The van der Waals surface area contributed by atoms with Crippen molar-refractivity contribution < 1.29 is 0 Å². The van der Waals surface area contributed by atoms with E-state index in [1.165, 1.54) is 35.0 Å². The summed E-state index contributed by atoms with van der Waals surface area (Å²) in [6.45, 7) is 7.62. The van der Waals surface area contributed by atoms with E-state index in [2.05, 4.69) is 29.0 Å². The Morgan fingerprint density at radius 1 is 1.50 bits per heavy atom. The fraction of sp³-hybridized carbons (Fsp3) is 0.750. The number of aryl methyl sites for hydroxylation is 2. The van der Waals surface area contributed by atoms with Crippen LogP contribution in [0.4, 0.5) is 0 Å². The number of thiazole rings is 1. The quantitative estimate of drug-likeness (QED) is 0.870. The Morgan fingerprint density at radius 2 is 2.31 bits per heavy atom. The van der Waals surface area contributed by atoms with Crippen LogP contribution in [0.2, 0.25) is 0 Å². The Balaban J connectivity index is 1.98. The Morgan fingerprint density at radius 3 is 2.94 bits per heavy atom. The van der Waals surface area contributed by atoms with E-state index in [9.17, 15) is 0 Å². The van der Waals surface area contributed by atoms with Crippen LogP contribution >= 0.6 is 11.3 Å². The molecule has 90 valence electrons. The molecule has 0 bridgehead atoms. The second-order valence-corrected chi connectivity index (χ2v) is 5.86. The number of likely N-dealkylation sites (tertiary alicyclic amines) is 1. The van der Waals surface area contributed by atoms with Gasteiger partial charge in [-0.05, 0) is 40.3 Å². The van der Waals surface area contributed by atoms with Crippen LogP contribution in [0.5, 0.6) is 0 Å². The Bertz CT molecular complexity index is 329. The summed E-state index contributed by atoms with van der Waals surface area (Å²) in [5.41, 5.74) is 1.20. The van der Waals surface area contributed by atoms with E-state index in [0.29, 0.717) is 6.04 Å². The van der Waals surface area contributed by atoms with Crippen LogP contribution < -0.4 is 5.32 Å². The van der Waals surface area contributed by atoms with Gasteiger partial charge < -0.3 is 5.32 Å². The minimum atomic E-state index is 0.703. The maximum atomic E-state index is 4.62. The third kappa shape index (κ3) is 2.62. The zero-order valence-corrected chi connectivity index (χ0v) is 11.2. The van der Waals surface area contributed by atoms with Gasteiger partial charge >= 0.3 is 0 Å². The molecule has 1 aromatic rings. The third-order valence-electron chi connectivity index (χ3n) is 3.35. The van der Waals surface area contributed by atoms with E-state index in [0.717, 1.165) is 13.1 Å². The molecule has 0 radical (unpaired) electrons. The van der Waals surface area contributed by atoms with Crippen LogP contribution in [0.25, 0.3) is 0 Å². The summed E-state index contributed by atoms with van der Waals surface area (Å²) in [7, 11) is 2.04. The molecular weight excluding hydrogens is 218 g/mol. The van der Waals surface area contributed by atoms with Crippen molar-refractivity contribution in [2.45, 2.75) is 39.3 Å². The summed E-state index contributed by atoms with van der Waals surface area (Å²) in [4.78, 5) is 8.55. The summed E-state index contributed by atoms with van der Waals surface area (Å²) in [5.74, 6) is 0. The molecule has 2 rings (SSSR count). The summed E-state index contributed by atoms with van der Waals surface area (Å²) in [5, 5.41) is 4.56. The predicted molar refractivity (Wildman–Crippen MR) is 68.9 cm³/mol. The lowest BCUT2D eigenvalue weighted by Gasteiger charge is -2.22. The SMILES string of the molecule is CNCC1CCCN1Cc1nc(C)c(C)s1. The Kier molecular flexibility index (Phi) is 3.95. The average molecular weight is 239 g/mol. The molecule has 2 heterocycles. The standard InChI is InChI=1S/C12H21N3S/c1-9-10(2)16-12(14-9)8-15-6-4-5-11(15)7-13-3/h11,13H,4-8H2,1-3H3. The largest absolute Gasteiger partial charge is 0.318 e. The smallest absolute Gasteiger partial charge is 0.107 e. The van der Waals surface area contributed by atoms with Crippen LogP contribution in [0, 0.1) is 13.8 Å². The molecule has 0 amide bonds. The zero-order chi connectivity index (χ0) is 11.5. The van der Waals surface area contributed by atoms with Gasteiger partial charge in [0.25, 0.3) is 0 Å². The molecular formula is C12H21N3S. The van der Waals surface area contributed by atoms with Crippen LogP contribution in [-0.4, -0.2) is 36.1 Å². The van der Waals surface area contributed by atoms with Gasteiger partial charge in [-0.2, -0.15) is 0 Å². The number of nitrogens with zero attached hydrogens (tertiary/aromatic N) is 2. The molecule has 0 spiro atoms. The second-order valence-electron chi connectivity index (χ2n) is 4.57. The van der Waals surface area contributed by atoms with E-state index in [1.807, 2.05) is 18.4 Å². The molecule has 1 atom stereocenters. The molecule has 1 aromatic heterocycles. The lowest BCUT2D eigenvalue weighted by molar-refractivity contribution is 0.242. The third-order valence-corrected chi connectivity index (χ3v) is 4.41. The van der Waals surface area contributed by atoms with Crippen molar-refractivity contribution in [3.05, 3.63) is 15.6 Å². The lowest BCUT2D eigenvalue weighted by atomic mass is 10.2. The van der Waals surface area contributed by atoms with Crippen LogP contribution in [0.1, 0.15) is 28.4 Å². The summed E-state index contributed by atoms with van der Waals surface area (Å²) in [6, 6.07) is 0.703. The first kappa shape index (κ1) is 12.0. The summed E-state index contributed by atoms with van der Waals surface area (Å²) < 4.78 is 0. The van der Waals surface area contributed by atoms with Gasteiger partial charge in [0.15, 0.2) is 0 Å². The number of rotatable bonds is 4. The van der Waals surface area contributed by atoms with Crippen LogP contribution in [0.15, 0.2) is 0 Å². The summed E-state index contributed by atoms with van der Waals surface area (Å²) in [6.07, 6.45) is 2.65. The highest BCUT2D eigenvalue weighted by Crippen LogP contribution is 2.23. The first-order valence-electron chi connectivity index (χ1n) is 6.02. The van der Waals surface area contributed by atoms with Crippen LogP contribution in [0.3, 0.4) is 0 Å². The van der Waals surface area contributed by atoms with Gasteiger partial charge in [0.2, 0.25) is 0 Å². The topological polar surface area (TPSA) is 28.2 Å². The molecule has 16 heavy (non-hydrogen) atoms. The Labute approximate surface area is 102 Å². The molecule has 1 N–H and O–H groups in total. The number of aromatic nitrogens is 1. The number of hydrogen-bond acceptors (Lipinski definition) is 4. The molecule has 3 nitrogen and oxygen atoms in total. The maximum Gasteiger partial charge on any atom is 0.107 e. The molecule has 1 unspecified atom stereocenters. The summed E-state index contributed by atoms with van der Waals surface area (Å²) >= 11 is 1.85. The van der Waals surface area contributed by atoms with Crippen molar-refractivity contribution in [1.82, 2.24) is 15.2 Å². The predicted octanol–water partition coefficient (Wildman–Crippen LogP) is 1.94. The van der Waals surface area contributed by atoms with E-state index < -0.39 is 0 Å². The van der Waals surface area contributed by atoms with Crippen molar-refractivity contribution in [3.63, 3.8) is 0 Å². The normalized spacial score (nSPS) is 21.8. The minimum Gasteiger partial charge on any atom is -0.318 e. The van der Waals surface area contributed by atoms with Gasteiger partial charge in [-0.25, -0.2) is 4.98 Å². The van der Waals surface area contributed by atoms with E-state index in [1.54, 1.807) is 0 Å². The lowest BCUT2D eigenvalue weighted by Crippen LogP contribution is -2.36. The number of nitrogens with one attached hydrogen (secondary N) is 1. The van der Waals surface area contributed by atoms with Crippen molar-refractivity contribution in [2.24, 2.45) is 0 Å². The van der Waals surface area contributed by atoms with Gasteiger partial charge in [-0.15, -0.1) is 11.3 Å². The first-order chi connectivity index (χ1) is 7.70. The Hall–Kier alpha value is -0.450.